The molecule has 1 atom stereocenters. The minimum atomic E-state index is 0.447. The van der Waals surface area contributed by atoms with Crippen LogP contribution in [0.15, 0.2) is 12.5 Å². The summed E-state index contributed by atoms with van der Waals surface area (Å²) in [6, 6.07) is 0. The van der Waals surface area contributed by atoms with Gasteiger partial charge in [-0.3, -0.25) is 0 Å². The van der Waals surface area contributed by atoms with Gasteiger partial charge in [0.05, 0.1) is 6.33 Å². The Balaban J connectivity index is 0.000000424. The topological polar surface area (TPSA) is 54.7 Å². The molecule has 13 heavy (non-hydrogen) atoms. The Bertz CT molecular complexity index is 183. The van der Waals surface area contributed by atoms with Crippen LogP contribution in [0.5, 0.6) is 0 Å². The van der Waals surface area contributed by atoms with Crippen molar-refractivity contribution in [2.45, 2.75) is 26.2 Å². The molecule has 3 nitrogen and oxygen atoms in total. The largest absolute Gasteiger partial charge is 0.348 e. The first-order valence-electron chi connectivity index (χ1n) is 4.54. The van der Waals surface area contributed by atoms with Crippen molar-refractivity contribution in [2.24, 2.45) is 5.73 Å². The molecular formula is C9H18IN3. The van der Waals surface area contributed by atoms with Crippen LogP contribution >= 0.6 is 22.6 Å². The molecule has 0 aliphatic rings. The summed E-state index contributed by atoms with van der Waals surface area (Å²) in [5, 5.41) is 0. The molecule has 4 heteroatoms. The van der Waals surface area contributed by atoms with Gasteiger partial charge in [-0.15, -0.1) is 0 Å². The van der Waals surface area contributed by atoms with Crippen LogP contribution in [0.2, 0.25) is 0 Å². The van der Waals surface area contributed by atoms with Crippen molar-refractivity contribution in [2.75, 3.05) is 11.0 Å². The summed E-state index contributed by atoms with van der Waals surface area (Å²) in [5.74, 6) is 0.447. The first-order chi connectivity index (χ1) is 6.29. The molecule has 0 saturated heterocycles. The van der Waals surface area contributed by atoms with Crippen molar-refractivity contribution in [1.82, 2.24) is 9.97 Å². The first kappa shape index (κ1) is 12.9. The second kappa shape index (κ2) is 8.50. The zero-order valence-electron chi connectivity index (χ0n) is 8.26. The Morgan fingerprint density at radius 2 is 2.23 bits per heavy atom. The molecule has 1 unspecified atom stereocenters. The normalized spacial score (nSPS) is 11.7. The van der Waals surface area contributed by atoms with Crippen LogP contribution in [0.1, 0.15) is 31.9 Å². The quantitative estimate of drug-likeness (QED) is 0.664. The Kier molecular flexibility index (Phi) is 8.43. The summed E-state index contributed by atoms with van der Waals surface area (Å²) in [6.07, 6.45) is 4.59. The van der Waals surface area contributed by atoms with Crippen molar-refractivity contribution in [3.05, 3.63) is 18.2 Å². The zero-order chi connectivity index (χ0) is 10.1. The molecule has 3 N–H and O–H groups in total. The Morgan fingerprint density at radius 3 is 2.54 bits per heavy atom. The molecule has 0 aromatic carbocycles. The number of hydrogen-bond acceptors (Lipinski definition) is 2. The lowest BCUT2D eigenvalue weighted by molar-refractivity contribution is 0.658. The fraction of sp³-hybridized carbons (Fsp3) is 0.667. The van der Waals surface area contributed by atoms with Crippen LogP contribution in [-0.4, -0.2) is 20.9 Å². The van der Waals surface area contributed by atoms with Crippen LogP contribution in [0.3, 0.4) is 0 Å². The van der Waals surface area contributed by atoms with Crippen molar-refractivity contribution < 1.29 is 0 Å². The van der Waals surface area contributed by atoms with Crippen LogP contribution in [0.25, 0.3) is 0 Å². The summed E-state index contributed by atoms with van der Waals surface area (Å²) in [6.45, 7) is 4.93. The SMILES string of the molecule is CCC(CN)c1cnc[nH]1.CCI. The predicted octanol–water partition coefficient (Wildman–Crippen LogP) is 2.30. The van der Waals surface area contributed by atoms with E-state index >= 15 is 0 Å². The molecular weight excluding hydrogens is 277 g/mol. The fourth-order valence-corrected chi connectivity index (χ4v) is 1.00. The third-order valence-corrected chi connectivity index (χ3v) is 1.74. The minimum Gasteiger partial charge on any atom is -0.348 e. The summed E-state index contributed by atoms with van der Waals surface area (Å²) in [5.41, 5.74) is 6.67. The minimum absolute atomic E-state index is 0.447. The molecule has 0 radical (unpaired) electrons. The van der Waals surface area contributed by atoms with E-state index in [1.807, 2.05) is 6.20 Å². The van der Waals surface area contributed by atoms with Crippen LogP contribution < -0.4 is 5.73 Å². The maximum Gasteiger partial charge on any atom is 0.0921 e. The van der Waals surface area contributed by atoms with E-state index in [1.54, 1.807) is 6.33 Å². The van der Waals surface area contributed by atoms with Crippen molar-refractivity contribution >= 4 is 22.6 Å². The van der Waals surface area contributed by atoms with Gasteiger partial charge in [0.1, 0.15) is 0 Å². The number of hydrogen-bond donors (Lipinski definition) is 2. The van der Waals surface area contributed by atoms with Gasteiger partial charge in [0, 0.05) is 24.4 Å². The first-order valence-corrected chi connectivity index (χ1v) is 6.06. The maximum absolute atomic E-state index is 5.53. The molecule has 0 saturated carbocycles. The molecule has 1 heterocycles. The number of nitrogens with zero attached hydrogens (tertiary/aromatic N) is 1. The summed E-state index contributed by atoms with van der Waals surface area (Å²) < 4.78 is 1.22. The highest BCUT2D eigenvalue weighted by Crippen LogP contribution is 2.13. The number of imidazole rings is 1. The van der Waals surface area contributed by atoms with E-state index in [1.165, 1.54) is 4.43 Å². The highest BCUT2D eigenvalue weighted by molar-refractivity contribution is 14.1. The van der Waals surface area contributed by atoms with E-state index < -0.39 is 0 Å². The average molecular weight is 295 g/mol. The number of H-pyrrole nitrogens is 1. The molecule has 0 aliphatic heterocycles. The van der Waals surface area contributed by atoms with E-state index in [0.29, 0.717) is 12.5 Å². The summed E-state index contributed by atoms with van der Waals surface area (Å²) in [4.78, 5) is 6.98. The van der Waals surface area contributed by atoms with Gasteiger partial charge in [0.15, 0.2) is 0 Å². The van der Waals surface area contributed by atoms with Crippen LogP contribution in [0, 0.1) is 0 Å². The van der Waals surface area contributed by atoms with Crippen LogP contribution in [-0.2, 0) is 0 Å². The van der Waals surface area contributed by atoms with Gasteiger partial charge < -0.3 is 10.7 Å². The molecule has 1 aromatic heterocycles. The lowest BCUT2D eigenvalue weighted by Gasteiger charge is -2.07. The second-order valence-electron chi connectivity index (χ2n) is 2.62. The molecule has 1 aromatic rings. The summed E-state index contributed by atoms with van der Waals surface area (Å²) >= 11 is 2.29. The van der Waals surface area contributed by atoms with Crippen LogP contribution in [0.4, 0.5) is 0 Å². The number of aromatic nitrogens is 2. The monoisotopic (exact) mass is 295 g/mol. The number of aromatic amines is 1. The number of alkyl halides is 1. The number of nitrogens with two attached hydrogens (primary N) is 1. The molecule has 0 bridgehead atoms. The van der Waals surface area contributed by atoms with Crippen molar-refractivity contribution in [3.63, 3.8) is 0 Å². The Morgan fingerprint density at radius 1 is 1.62 bits per heavy atom. The van der Waals surface area contributed by atoms with Gasteiger partial charge in [-0.2, -0.15) is 0 Å². The highest BCUT2D eigenvalue weighted by atomic mass is 127. The second-order valence-corrected chi connectivity index (χ2v) is 4.14. The fourth-order valence-electron chi connectivity index (χ4n) is 1.00. The van der Waals surface area contributed by atoms with Crippen molar-refractivity contribution in [1.29, 1.82) is 0 Å². The Hall–Kier alpha value is -0.100. The van der Waals surface area contributed by atoms with E-state index in [0.717, 1.165) is 12.1 Å². The van der Waals surface area contributed by atoms with E-state index in [9.17, 15) is 0 Å². The van der Waals surface area contributed by atoms with Gasteiger partial charge in [0.25, 0.3) is 0 Å². The molecule has 0 amide bonds. The third-order valence-electron chi connectivity index (χ3n) is 1.74. The Labute approximate surface area is 93.7 Å². The maximum atomic E-state index is 5.53. The zero-order valence-corrected chi connectivity index (χ0v) is 10.4. The lowest BCUT2D eigenvalue weighted by Crippen LogP contribution is -2.11. The molecule has 0 fully saturated rings. The molecule has 0 aliphatic carbocycles. The standard InChI is InChI=1S/C7H13N3.C2H5I/c1-2-6(3-8)7-4-9-5-10-7;1-2-3/h4-6H,2-3,8H2,1H3,(H,9,10);2H2,1H3. The van der Waals surface area contributed by atoms with Gasteiger partial charge in [-0.25, -0.2) is 4.98 Å². The van der Waals surface area contributed by atoms with Gasteiger partial charge in [-0.1, -0.05) is 36.4 Å². The molecule has 0 spiro atoms. The summed E-state index contributed by atoms with van der Waals surface area (Å²) in [7, 11) is 0. The smallest absolute Gasteiger partial charge is 0.0921 e. The number of nitrogens with one attached hydrogen (secondary N) is 1. The number of halogens is 1. The molecule has 76 valence electrons. The predicted molar refractivity (Wildman–Crippen MR) is 65.2 cm³/mol. The average Bonchev–Trinajstić information content (AvgIpc) is 2.61. The van der Waals surface area contributed by atoms with Crippen molar-refractivity contribution in [3.8, 4) is 0 Å². The van der Waals surface area contributed by atoms with Gasteiger partial charge >= 0.3 is 0 Å². The molecule has 1 rings (SSSR count). The van der Waals surface area contributed by atoms with E-state index in [-0.39, 0.29) is 0 Å². The highest BCUT2D eigenvalue weighted by Gasteiger charge is 2.06. The van der Waals surface area contributed by atoms with E-state index in [2.05, 4.69) is 46.4 Å². The van der Waals surface area contributed by atoms with Gasteiger partial charge in [-0.05, 0) is 10.8 Å². The lowest BCUT2D eigenvalue weighted by atomic mass is 10.0. The third kappa shape index (κ3) is 5.25. The number of rotatable bonds is 3. The van der Waals surface area contributed by atoms with E-state index in [4.69, 9.17) is 5.73 Å². The van der Waals surface area contributed by atoms with Gasteiger partial charge in [0.2, 0.25) is 0 Å².